The number of nitrogens with zero attached hydrogens (tertiary/aromatic N) is 1. The van der Waals surface area contributed by atoms with Gasteiger partial charge in [-0.15, -0.1) is 0 Å². The van der Waals surface area contributed by atoms with E-state index in [0.29, 0.717) is 12.5 Å². The molecule has 0 aromatic rings. The first-order valence-corrected chi connectivity index (χ1v) is 6.91. The van der Waals surface area contributed by atoms with E-state index >= 15 is 0 Å². The largest absolute Gasteiger partial charge is 0.481 e. The number of aliphatic carboxylic acids is 1. The fourth-order valence-electron chi connectivity index (χ4n) is 2.76. The second-order valence-electron chi connectivity index (χ2n) is 5.77. The van der Waals surface area contributed by atoms with Crippen LogP contribution in [0.15, 0.2) is 0 Å². The lowest BCUT2D eigenvalue weighted by Gasteiger charge is -2.40. The maximum absolute atomic E-state index is 11.5. The van der Waals surface area contributed by atoms with Crippen molar-refractivity contribution in [3.05, 3.63) is 0 Å². The van der Waals surface area contributed by atoms with Gasteiger partial charge in [0, 0.05) is 13.1 Å². The Morgan fingerprint density at radius 1 is 1.29 bits per heavy atom. The predicted molar refractivity (Wildman–Crippen MR) is 70.0 cm³/mol. The second kappa shape index (κ2) is 5.85. The van der Waals surface area contributed by atoms with Gasteiger partial charge in [0.25, 0.3) is 0 Å². The second-order valence-corrected chi connectivity index (χ2v) is 5.77. The van der Waals surface area contributed by atoms with Crippen LogP contribution in [0.2, 0.25) is 0 Å². The third kappa shape index (κ3) is 3.21. The summed E-state index contributed by atoms with van der Waals surface area (Å²) in [5.41, 5.74) is -0.541. The van der Waals surface area contributed by atoms with E-state index in [2.05, 4.69) is 18.7 Å². The van der Waals surface area contributed by atoms with E-state index in [0.717, 1.165) is 31.8 Å². The summed E-state index contributed by atoms with van der Waals surface area (Å²) in [6, 6.07) is 0. The van der Waals surface area contributed by atoms with Gasteiger partial charge in [0.15, 0.2) is 0 Å². The first kappa shape index (κ1) is 14.5. The Hall–Kier alpha value is -0.570. The lowest BCUT2D eigenvalue weighted by molar-refractivity contribution is -0.151. The molecule has 0 amide bonds. The van der Waals surface area contributed by atoms with Crippen molar-refractivity contribution in [2.75, 3.05) is 19.6 Å². The van der Waals surface area contributed by atoms with Crippen LogP contribution in [0.3, 0.4) is 0 Å². The first-order chi connectivity index (χ1) is 7.95. The zero-order valence-electron chi connectivity index (χ0n) is 11.7. The van der Waals surface area contributed by atoms with Gasteiger partial charge in [0.05, 0.1) is 5.41 Å². The third-order valence-electron chi connectivity index (χ3n) is 4.75. The molecule has 0 saturated carbocycles. The molecule has 1 fully saturated rings. The molecule has 1 saturated heterocycles. The summed E-state index contributed by atoms with van der Waals surface area (Å²) < 4.78 is 0. The van der Waals surface area contributed by atoms with Crippen molar-refractivity contribution in [3.8, 4) is 0 Å². The van der Waals surface area contributed by atoms with Gasteiger partial charge in [0.2, 0.25) is 0 Å². The minimum Gasteiger partial charge on any atom is -0.481 e. The molecule has 2 unspecified atom stereocenters. The summed E-state index contributed by atoms with van der Waals surface area (Å²) >= 11 is 0. The Morgan fingerprint density at radius 2 is 1.88 bits per heavy atom. The Morgan fingerprint density at radius 3 is 2.29 bits per heavy atom. The molecule has 0 radical (unpaired) electrons. The van der Waals surface area contributed by atoms with Crippen LogP contribution in [0, 0.1) is 17.3 Å². The standard InChI is InChI=1S/C14H27NO2/c1-5-14(6-2,13(16)17)10-15-8-7-11(3)12(4)9-15/h11-12H,5-10H2,1-4H3,(H,16,17). The van der Waals surface area contributed by atoms with Gasteiger partial charge in [0.1, 0.15) is 0 Å². The van der Waals surface area contributed by atoms with Crippen LogP contribution in [0.4, 0.5) is 0 Å². The third-order valence-corrected chi connectivity index (χ3v) is 4.75. The topological polar surface area (TPSA) is 40.5 Å². The summed E-state index contributed by atoms with van der Waals surface area (Å²) in [4.78, 5) is 13.8. The summed E-state index contributed by atoms with van der Waals surface area (Å²) in [6.45, 7) is 11.4. The number of carboxylic acids is 1. The van der Waals surface area contributed by atoms with Crippen molar-refractivity contribution < 1.29 is 9.90 Å². The van der Waals surface area contributed by atoms with Crippen molar-refractivity contribution >= 4 is 5.97 Å². The number of piperidine rings is 1. The molecule has 0 bridgehead atoms. The highest BCUT2D eigenvalue weighted by Crippen LogP contribution is 2.31. The fraction of sp³-hybridized carbons (Fsp3) is 0.929. The van der Waals surface area contributed by atoms with Gasteiger partial charge in [-0.3, -0.25) is 4.79 Å². The molecule has 0 aliphatic carbocycles. The minimum atomic E-state index is -0.631. The molecule has 0 spiro atoms. The van der Waals surface area contributed by atoms with Gasteiger partial charge >= 0.3 is 5.97 Å². The fourth-order valence-corrected chi connectivity index (χ4v) is 2.76. The highest BCUT2D eigenvalue weighted by Gasteiger charge is 2.38. The van der Waals surface area contributed by atoms with Crippen LogP contribution < -0.4 is 0 Å². The smallest absolute Gasteiger partial charge is 0.310 e. The molecule has 100 valence electrons. The number of rotatable bonds is 5. The maximum atomic E-state index is 11.5. The quantitative estimate of drug-likeness (QED) is 0.804. The van der Waals surface area contributed by atoms with Gasteiger partial charge < -0.3 is 10.0 Å². The monoisotopic (exact) mass is 241 g/mol. The molecule has 17 heavy (non-hydrogen) atoms. The lowest BCUT2D eigenvalue weighted by atomic mass is 9.80. The average molecular weight is 241 g/mol. The Labute approximate surface area is 105 Å². The number of hydrogen-bond donors (Lipinski definition) is 1. The van der Waals surface area contributed by atoms with E-state index in [9.17, 15) is 9.90 Å². The molecule has 1 heterocycles. The van der Waals surface area contributed by atoms with Crippen molar-refractivity contribution in [2.45, 2.75) is 47.0 Å². The van der Waals surface area contributed by atoms with Crippen molar-refractivity contribution in [2.24, 2.45) is 17.3 Å². The van der Waals surface area contributed by atoms with E-state index in [1.54, 1.807) is 0 Å². The molecule has 3 heteroatoms. The summed E-state index contributed by atoms with van der Waals surface area (Å²) in [5.74, 6) is 0.825. The number of carboxylic acid groups (broad SMARTS) is 1. The van der Waals surface area contributed by atoms with Gasteiger partial charge in [-0.2, -0.15) is 0 Å². The zero-order valence-corrected chi connectivity index (χ0v) is 11.7. The van der Waals surface area contributed by atoms with Crippen molar-refractivity contribution in [1.82, 2.24) is 4.90 Å². The van der Waals surface area contributed by atoms with E-state index in [1.165, 1.54) is 6.42 Å². The van der Waals surface area contributed by atoms with Crippen LogP contribution in [0.1, 0.15) is 47.0 Å². The maximum Gasteiger partial charge on any atom is 0.310 e. The molecule has 2 atom stereocenters. The van der Waals surface area contributed by atoms with Crippen LogP contribution in [0.25, 0.3) is 0 Å². The number of carbonyl (C=O) groups is 1. The van der Waals surface area contributed by atoms with Gasteiger partial charge in [-0.1, -0.05) is 27.7 Å². The van der Waals surface area contributed by atoms with E-state index in [1.807, 2.05) is 13.8 Å². The van der Waals surface area contributed by atoms with E-state index in [-0.39, 0.29) is 0 Å². The lowest BCUT2D eigenvalue weighted by Crippen LogP contribution is -2.47. The highest BCUT2D eigenvalue weighted by molar-refractivity contribution is 5.74. The van der Waals surface area contributed by atoms with Crippen LogP contribution >= 0.6 is 0 Å². The van der Waals surface area contributed by atoms with Gasteiger partial charge in [-0.25, -0.2) is 0 Å². The Kier molecular flexibility index (Phi) is 4.99. The van der Waals surface area contributed by atoms with Crippen molar-refractivity contribution in [1.29, 1.82) is 0 Å². The molecular weight excluding hydrogens is 214 g/mol. The minimum absolute atomic E-state index is 0.541. The normalized spacial score (nSPS) is 27.1. The Balaban J connectivity index is 2.65. The van der Waals surface area contributed by atoms with E-state index in [4.69, 9.17) is 0 Å². The van der Waals surface area contributed by atoms with Crippen LogP contribution in [-0.4, -0.2) is 35.6 Å². The average Bonchev–Trinajstić information content (AvgIpc) is 2.30. The van der Waals surface area contributed by atoms with Crippen LogP contribution in [0.5, 0.6) is 0 Å². The van der Waals surface area contributed by atoms with Crippen LogP contribution in [-0.2, 0) is 4.79 Å². The highest BCUT2D eigenvalue weighted by atomic mass is 16.4. The molecule has 0 aromatic heterocycles. The molecule has 1 N–H and O–H groups in total. The molecule has 0 aromatic carbocycles. The molecule has 1 rings (SSSR count). The summed E-state index contributed by atoms with van der Waals surface area (Å²) in [6.07, 6.45) is 2.64. The molecule has 1 aliphatic rings. The summed E-state index contributed by atoms with van der Waals surface area (Å²) in [5, 5.41) is 9.45. The first-order valence-electron chi connectivity index (χ1n) is 6.91. The number of hydrogen-bond acceptors (Lipinski definition) is 2. The van der Waals surface area contributed by atoms with Gasteiger partial charge in [-0.05, 0) is 37.6 Å². The SMILES string of the molecule is CCC(CC)(CN1CCC(C)C(C)C1)C(=O)O. The molecule has 1 aliphatic heterocycles. The van der Waals surface area contributed by atoms with E-state index < -0.39 is 11.4 Å². The molecule has 3 nitrogen and oxygen atoms in total. The number of likely N-dealkylation sites (tertiary alicyclic amines) is 1. The molecular formula is C14H27NO2. The summed E-state index contributed by atoms with van der Waals surface area (Å²) in [7, 11) is 0. The Bertz CT molecular complexity index is 261. The predicted octanol–water partition coefficient (Wildman–Crippen LogP) is 2.86. The van der Waals surface area contributed by atoms with Crippen molar-refractivity contribution in [3.63, 3.8) is 0 Å². The zero-order chi connectivity index (χ0) is 13.1.